The van der Waals surface area contributed by atoms with Gasteiger partial charge in [0.2, 0.25) is 18.6 Å². The Morgan fingerprint density at radius 1 is 1.18 bits per heavy atom. The van der Waals surface area contributed by atoms with Crippen LogP contribution in [0.5, 0.6) is 11.5 Å². The molecule has 0 saturated heterocycles. The third-order valence-electron chi connectivity index (χ3n) is 5.26. The van der Waals surface area contributed by atoms with E-state index in [1.807, 2.05) is 0 Å². The summed E-state index contributed by atoms with van der Waals surface area (Å²) >= 11 is 2.59. The number of benzene rings is 1. The molecular formula is C22H21N3O6S2. The van der Waals surface area contributed by atoms with Crippen LogP contribution in [-0.2, 0) is 22.4 Å². The molecule has 33 heavy (non-hydrogen) atoms. The number of rotatable bonds is 7. The van der Waals surface area contributed by atoms with E-state index in [1.54, 1.807) is 25.1 Å². The minimum Gasteiger partial charge on any atom is -0.462 e. The third-order valence-corrected chi connectivity index (χ3v) is 7.28. The molecule has 0 spiro atoms. The Kier molecular flexibility index (Phi) is 6.23. The predicted octanol–water partition coefficient (Wildman–Crippen LogP) is 4.31. The van der Waals surface area contributed by atoms with E-state index in [1.165, 1.54) is 11.3 Å². The SMILES string of the molecule is CCOC(=O)c1c(NC(=O)CSc2nnc(-c3ccc4c(c3)OCO4)o2)sc2c1CCCC2. The summed E-state index contributed by atoms with van der Waals surface area (Å²) in [6, 6.07) is 5.36. The first-order valence-corrected chi connectivity index (χ1v) is 12.4. The fourth-order valence-corrected chi connectivity index (χ4v) is 5.63. The Balaban J connectivity index is 1.24. The second kappa shape index (κ2) is 9.44. The minimum atomic E-state index is -0.384. The molecular weight excluding hydrogens is 466 g/mol. The number of esters is 1. The van der Waals surface area contributed by atoms with Crippen molar-refractivity contribution in [3.63, 3.8) is 0 Å². The van der Waals surface area contributed by atoms with Gasteiger partial charge in [0.25, 0.3) is 5.22 Å². The van der Waals surface area contributed by atoms with Crippen LogP contribution in [0.25, 0.3) is 11.5 Å². The van der Waals surface area contributed by atoms with Crippen molar-refractivity contribution in [3.8, 4) is 23.0 Å². The minimum absolute atomic E-state index is 0.0631. The molecule has 0 bridgehead atoms. The molecule has 3 aromatic rings. The highest BCUT2D eigenvalue weighted by atomic mass is 32.2. The molecule has 2 aliphatic rings. The molecule has 1 N–H and O–H groups in total. The molecule has 0 atom stereocenters. The summed E-state index contributed by atoms with van der Waals surface area (Å²) in [6.07, 6.45) is 3.86. The molecule has 0 unspecified atom stereocenters. The number of aromatic nitrogens is 2. The van der Waals surface area contributed by atoms with Gasteiger partial charge in [-0.2, -0.15) is 0 Å². The van der Waals surface area contributed by atoms with Gasteiger partial charge in [-0.15, -0.1) is 21.5 Å². The number of carbonyl (C=O) groups is 2. The maximum atomic E-state index is 12.6. The van der Waals surface area contributed by atoms with Crippen LogP contribution in [-0.4, -0.2) is 41.2 Å². The molecule has 5 rings (SSSR count). The van der Waals surface area contributed by atoms with E-state index < -0.39 is 0 Å². The largest absolute Gasteiger partial charge is 0.462 e. The summed E-state index contributed by atoms with van der Waals surface area (Å²) in [7, 11) is 0. The average molecular weight is 488 g/mol. The molecule has 9 nitrogen and oxygen atoms in total. The fraction of sp³-hybridized carbons (Fsp3) is 0.364. The first-order valence-electron chi connectivity index (χ1n) is 10.6. The van der Waals surface area contributed by atoms with Gasteiger partial charge in [0.1, 0.15) is 5.00 Å². The molecule has 2 aromatic heterocycles. The second-order valence-corrected chi connectivity index (χ2v) is 9.45. The number of anilines is 1. The maximum absolute atomic E-state index is 12.6. The number of nitrogens with one attached hydrogen (secondary N) is 1. The lowest BCUT2D eigenvalue weighted by molar-refractivity contribution is -0.113. The lowest BCUT2D eigenvalue weighted by Gasteiger charge is -2.12. The molecule has 0 saturated carbocycles. The molecule has 0 fully saturated rings. The molecule has 1 aliphatic heterocycles. The molecule has 172 valence electrons. The number of nitrogens with zero attached hydrogens (tertiary/aromatic N) is 2. The zero-order chi connectivity index (χ0) is 22.8. The second-order valence-electron chi connectivity index (χ2n) is 7.41. The van der Waals surface area contributed by atoms with Gasteiger partial charge < -0.3 is 23.9 Å². The van der Waals surface area contributed by atoms with Crippen molar-refractivity contribution in [2.45, 2.75) is 37.8 Å². The summed E-state index contributed by atoms with van der Waals surface area (Å²) < 4.78 is 21.6. The lowest BCUT2D eigenvalue weighted by atomic mass is 9.95. The van der Waals surface area contributed by atoms with Crippen molar-refractivity contribution in [2.75, 3.05) is 24.5 Å². The highest BCUT2D eigenvalue weighted by Crippen LogP contribution is 2.39. The lowest BCUT2D eigenvalue weighted by Crippen LogP contribution is -2.17. The number of aryl methyl sites for hydroxylation is 1. The number of hydrogen-bond acceptors (Lipinski definition) is 10. The normalized spacial score (nSPS) is 14.1. The summed E-state index contributed by atoms with van der Waals surface area (Å²) in [5.74, 6) is 1.04. The number of thioether (sulfide) groups is 1. The van der Waals surface area contributed by atoms with Crippen molar-refractivity contribution in [1.82, 2.24) is 10.2 Å². The maximum Gasteiger partial charge on any atom is 0.341 e. The van der Waals surface area contributed by atoms with Crippen LogP contribution < -0.4 is 14.8 Å². The summed E-state index contributed by atoms with van der Waals surface area (Å²) in [4.78, 5) is 26.3. The number of carbonyl (C=O) groups excluding carboxylic acids is 2. The summed E-state index contributed by atoms with van der Waals surface area (Å²) in [6.45, 7) is 2.24. The van der Waals surface area contributed by atoms with Gasteiger partial charge in [0.05, 0.1) is 17.9 Å². The molecule has 1 aromatic carbocycles. The molecule has 11 heteroatoms. The van der Waals surface area contributed by atoms with Crippen molar-refractivity contribution < 1.29 is 28.2 Å². The van der Waals surface area contributed by atoms with E-state index in [2.05, 4.69) is 15.5 Å². The fourth-order valence-electron chi connectivity index (χ4n) is 3.78. The van der Waals surface area contributed by atoms with Crippen molar-refractivity contribution in [1.29, 1.82) is 0 Å². The Hall–Kier alpha value is -3.05. The first kappa shape index (κ1) is 21.8. The van der Waals surface area contributed by atoms with Crippen LogP contribution in [0, 0.1) is 0 Å². The van der Waals surface area contributed by atoms with E-state index in [-0.39, 0.29) is 36.3 Å². The zero-order valence-electron chi connectivity index (χ0n) is 17.8. The number of ether oxygens (including phenoxy) is 3. The van der Waals surface area contributed by atoms with E-state index >= 15 is 0 Å². The van der Waals surface area contributed by atoms with Gasteiger partial charge in [-0.25, -0.2) is 4.79 Å². The highest BCUT2D eigenvalue weighted by molar-refractivity contribution is 7.99. The number of fused-ring (bicyclic) bond motifs is 2. The van der Waals surface area contributed by atoms with Crippen LogP contribution in [0.4, 0.5) is 5.00 Å². The first-order chi connectivity index (χ1) is 16.1. The summed E-state index contributed by atoms with van der Waals surface area (Å²) in [5, 5.41) is 11.8. The summed E-state index contributed by atoms with van der Waals surface area (Å²) in [5.41, 5.74) is 2.21. The van der Waals surface area contributed by atoms with Gasteiger partial charge in [-0.3, -0.25) is 4.79 Å². The predicted molar refractivity (Wildman–Crippen MR) is 122 cm³/mol. The quantitative estimate of drug-likeness (QED) is 0.385. The Bertz CT molecular complexity index is 1200. The zero-order valence-corrected chi connectivity index (χ0v) is 19.5. The number of hydrogen-bond donors (Lipinski definition) is 1. The Labute approximate surface area is 197 Å². The Morgan fingerprint density at radius 3 is 2.91 bits per heavy atom. The van der Waals surface area contributed by atoms with Gasteiger partial charge in [-0.1, -0.05) is 11.8 Å². The third kappa shape index (κ3) is 4.55. The van der Waals surface area contributed by atoms with Gasteiger partial charge in [0, 0.05) is 10.4 Å². The Morgan fingerprint density at radius 2 is 2.03 bits per heavy atom. The highest BCUT2D eigenvalue weighted by Gasteiger charge is 2.27. The molecule has 0 radical (unpaired) electrons. The van der Waals surface area contributed by atoms with E-state index in [0.717, 1.165) is 47.9 Å². The monoisotopic (exact) mass is 487 g/mol. The van der Waals surface area contributed by atoms with E-state index in [4.69, 9.17) is 18.6 Å². The van der Waals surface area contributed by atoms with Crippen LogP contribution in [0.1, 0.15) is 40.6 Å². The van der Waals surface area contributed by atoms with Crippen molar-refractivity contribution in [2.24, 2.45) is 0 Å². The van der Waals surface area contributed by atoms with Crippen molar-refractivity contribution >= 4 is 40.0 Å². The number of amides is 1. The standard InChI is InChI=1S/C22H21N3O6S2/c1-2-28-21(27)18-13-5-3-4-6-16(13)33-20(18)23-17(26)10-32-22-25-24-19(31-22)12-7-8-14-15(9-12)30-11-29-14/h7-9H,2-6,10-11H2,1H3,(H,23,26). The molecule has 1 amide bonds. The van der Waals surface area contributed by atoms with Gasteiger partial charge >= 0.3 is 5.97 Å². The average Bonchev–Trinajstić information content (AvgIpc) is 3.55. The molecule has 1 aliphatic carbocycles. The van der Waals surface area contributed by atoms with Crippen molar-refractivity contribution in [3.05, 3.63) is 34.2 Å². The number of thiophene rings is 1. The van der Waals surface area contributed by atoms with E-state index in [9.17, 15) is 9.59 Å². The van der Waals surface area contributed by atoms with Crippen LogP contribution in [0.2, 0.25) is 0 Å². The van der Waals surface area contributed by atoms with Gasteiger partial charge in [-0.05, 0) is 56.4 Å². The van der Waals surface area contributed by atoms with E-state index in [0.29, 0.717) is 33.5 Å². The smallest absolute Gasteiger partial charge is 0.341 e. The van der Waals surface area contributed by atoms with Crippen LogP contribution >= 0.6 is 23.1 Å². The van der Waals surface area contributed by atoms with Gasteiger partial charge in [0.15, 0.2) is 11.5 Å². The molecule has 3 heterocycles. The topological polar surface area (TPSA) is 113 Å². The van der Waals surface area contributed by atoms with Crippen LogP contribution in [0.3, 0.4) is 0 Å². The van der Waals surface area contributed by atoms with Crippen LogP contribution in [0.15, 0.2) is 27.8 Å².